The van der Waals surface area contributed by atoms with Gasteiger partial charge in [0.1, 0.15) is 5.92 Å². The van der Waals surface area contributed by atoms with Gasteiger partial charge in [0.2, 0.25) is 5.91 Å². The Morgan fingerprint density at radius 2 is 1.77 bits per heavy atom. The number of hydrogen-bond donors (Lipinski definition) is 0. The lowest BCUT2D eigenvalue weighted by Gasteiger charge is -2.28. The summed E-state index contributed by atoms with van der Waals surface area (Å²) in [5.41, 5.74) is 2.75. The maximum absolute atomic E-state index is 13.6. The van der Waals surface area contributed by atoms with E-state index in [4.69, 9.17) is 16.4 Å². The molecule has 3 atom stereocenters. The summed E-state index contributed by atoms with van der Waals surface area (Å²) < 4.78 is 0. The molecule has 3 heterocycles. The summed E-state index contributed by atoms with van der Waals surface area (Å²) in [6.07, 6.45) is 2.46. The van der Waals surface area contributed by atoms with Gasteiger partial charge in [-0.2, -0.15) is 0 Å². The molecule has 5 rings (SSSR count). The molecule has 3 aromatic rings. The number of pyridine rings is 1. The predicted molar refractivity (Wildman–Crippen MR) is 113 cm³/mol. The number of carbonyl (C=O) groups is 2. The Morgan fingerprint density at radius 1 is 0.967 bits per heavy atom. The van der Waals surface area contributed by atoms with Crippen LogP contribution < -0.4 is 9.96 Å². The van der Waals surface area contributed by atoms with E-state index in [-0.39, 0.29) is 11.8 Å². The maximum Gasteiger partial charge on any atom is 0.266 e. The van der Waals surface area contributed by atoms with Crippen LogP contribution in [-0.2, 0) is 14.4 Å². The monoisotopic (exact) mass is 419 g/mol. The first-order valence-electron chi connectivity index (χ1n) is 9.62. The van der Waals surface area contributed by atoms with Crippen molar-refractivity contribution in [3.63, 3.8) is 0 Å². The molecule has 2 fully saturated rings. The average molecular weight is 420 g/mol. The summed E-state index contributed by atoms with van der Waals surface area (Å²) in [5.74, 6) is -1.38. The fourth-order valence-electron chi connectivity index (χ4n) is 4.18. The Morgan fingerprint density at radius 3 is 2.50 bits per heavy atom. The van der Waals surface area contributed by atoms with E-state index < -0.39 is 18.1 Å². The molecule has 0 aliphatic carbocycles. The van der Waals surface area contributed by atoms with Gasteiger partial charge in [-0.25, -0.2) is 9.96 Å². The van der Waals surface area contributed by atoms with Crippen molar-refractivity contribution < 1.29 is 14.4 Å². The van der Waals surface area contributed by atoms with E-state index in [1.165, 1.54) is 4.90 Å². The summed E-state index contributed by atoms with van der Waals surface area (Å²) in [4.78, 5) is 38.4. The van der Waals surface area contributed by atoms with Crippen LogP contribution in [0, 0.1) is 12.8 Å². The molecular formula is C23H18ClN3O3. The predicted octanol–water partition coefficient (Wildman–Crippen LogP) is 4.09. The van der Waals surface area contributed by atoms with E-state index in [0.29, 0.717) is 16.3 Å². The third-order valence-corrected chi connectivity index (χ3v) is 6.04. The number of fused-ring (bicyclic) bond motifs is 1. The highest BCUT2D eigenvalue weighted by molar-refractivity contribution is 6.32. The number of hydrogen-bond acceptors (Lipinski definition) is 5. The van der Waals surface area contributed by atoms with Gasteiger partial charge in [-0.3, -0.25) is 19.4 Å². The van der Waals surface area contributed by atoms with Gasteiger partial charge in [-0.05, 0) is 48.4 Å². The molecule has 1 aromatic heterocycles. The molecule has 2 aliphatic rings. The van der Waals surface area contributed by atoms with E-state index in [1.54, 1.807) is 42.6 Å². The lowest BCUT2D eigenvalue weighted by molar-refractivity contribution is -0.126. The highest BCUT2D eigenvalue weighted by Crippen LogP contribution is 2.47. The molecule has 2 aromatic carbocycles. The van der Waals surface area contributed by atoms with Crippen LogP contribution in [0.15, 0.2) is 73.1 Å². The quantitative estimate of drug-likeness (QED) is 0.598. The molecule has 7 heteroatoms. The molecule has 30 heavy (non-hydrogen) atoms. The first kappa shape index (κ1) is 18.8. The van der Waals surface area contributed by atoms with Gasteiger partial charge in [0.25, 0.3) is 5.91 Å². The molecule has 0 radical (unpaired) electrons. The highest BCUT2D eigenvalue weighted by Gasteiger charge is 2.60. The van der Waals surface area contributed by atoms with Crippen molar-refractivity contribution in [2.45, 2.75) is 19.1 Å². The Bertz CT molecular complexity index is 1120. The van der Waals surface area contributed by atoms with Crippen LogP contribution in [0.2, 0.25) is 5.02 Å². The SMILES string of the molecule is Cc1c(Cl)cccc1N1C(=O)[C@@H]2[C@@H](ON(c3ccccc3)[C@H]2c2cccnc2)C1=O. The molecule has 0 bridgehead atoms. The summed E-state index contributed by atoms with van der Waals surface area (Å²) >= 11 is 6.24. The van der Waals surface area contributed by atoms with Gasteiger partial charge in [-0.15, -0.1) is 0 Å². The van der Waals surface area contributed by atoms with Crippen LogP contribution in [0.5, 0.6) is 0 Å². The van der Waals surface area contributed by atoms with Crippen LogP contribution in [0.3, 0.4) is 0 Å². The first-order chi connectivity index (χ1) is 14.6. The molecular weight excluding hydrogens is 402 g/mol. The summed E-state index contributed by atoms with van der Waals surface area (Å²) in [6.45, 7) is 1.79. The molecule has 2 aliphatic heterocycles. The minimum Gasteiger partial charge on any atom is -0.273 e. The molecule has 6 nitrogen and oxygen atoms in total. The van der Waals surface area contributed by atoms with Gasteiger partial charge in [0, 0.05) is 17.4 Å². The Balaban J connectivity index is 1.60. The van der Waals surface area contributed by atoms with Crippen molar-refractivity contribution >= 4 is 34.8 Å². The molecule has 0 unspecified atom stereocenters. The number of aromatic nitrogens is 1. The number of amides is 2. The van der Waals surface area contributed by atoms with Crippen molar-refractivity contribution in [1.82, 2.24) is 4.98 Å². The highest BCUT2D eigenvalue weighted by atomic mass is 35.5. The van der Waals surface area contributed by atoms with Crippen LogP contribution in [-0.4, -0.2) is 22.9 Å². The van der Waals surface area contributed by atoms with Gasteiger partial charge in [0.05, 0.1) is 17.4 Å². The standard InChI is InChI=1S/C23H18ClN3O3/c1-14-17(24)10-5-11-18(14)26-22(28)19-20(15-7-6-12-25-13-15)27(30-21(19)23(26)29)16-8-3-2-4-9-16/h2-13,19-21H,1H3/t19-,20-,21+/m0/s1. The van der Waals surface area contributed by atoms with E-state index in [1.807, 2.05) is 42.5 Å². The molecule has 0 spiro atoms. The van der Waals surface area contributed by atoms with Crippen LogP contribution >= 0.6 is 11.6 Å². The minimum atomic E-state index is -0.915. The lowest BCUT2D eigenvalue weighted by Crippen LogP contribution is -2.37. The number of benzene rings is 2. The summed E-state index contributed by atoms with van der Waals surface area (Å²) in [6, 6.07) is 17.9. The largest absolute Gasteiger partial charge is 0.273 e. The van der Waals surface area contributed by atoms with Gasteiger partial charge < -0.3 is 0 Å². The summed E-state index contributed by atoms with van der Waals surface area (Å²) in [7, 11) is 0. The Hall–Kier alpha value is -3.22. The number of para-hydroxylation sites is 1. The third-order valence-electron chi connectivity index (χ3n) is 5.63. The number of anilines is 2. The fraction of sp³-hybridized carbons (Fsp3) is 0.174. The zero-order valence-electron chi connectivity index (χ0n) is 16.1. The number of rotatable bonds is 3. The zero-order chi connectivity index (χ0) is 20.8. The number of imide groups is 1. The number of hydroxylamine groups is 1. The first-order valence-corrected chi connectivity index (χ1v) is 9.99. The Labute approximate surface area is 178 Å². The molecule has 150 valence electrons. The lowest BCUT2D eigenvalue weighted by atomic mass is 9.91. The van der Waals surface area contributed by atoms with Gasteiger partial charge in [0.15, 0.2) is 6.10 Å². The van der Waals surface area contributed by atoms with Crippen LogP contribution in [0.4, 0.5) is 11.4 Å². The normalized spacial score (nSPS) is 23.2. The van der Waals surface area contributed by atoms with Crippen molar-refractivity contribution in [2.75, 3.05) is 9.96 Å². The topological polar surface area (TPSA) is 62.7 Å². The smallest absolute Gasteiger partial charge is 0.266 e. The number of halogens is 1. The van der Waals surface area contributed by atoms with Crippen molar-refractivity contribution in [2.24, 2.45) is 5.92 Å². The van der Waals surface area contributed by atoms with Crippen LogP contribution in [0.1, 0.15) is 17.2 Å². The minimum absolute atomic E-state index is 0.303. The maximum atomic E-state index is 13.6. The second-order valence-corrected chi connectivity index (χ2v) is 7.75. The van der Waals surface area contributed by atoms with Gasteiger partial charge >= 0.3 is 0 Å². The van der Waals surface area contributed by atoms with E-state index in [2.05, 4.69) is 4.98 Å². The molecule has 2 saturated heterocycles. The molecule has 2 amide bonds. The number of nitrogens with zero attached hydrogens (tertiary/aromatic N) is 3. The summed E-state index contributed by atoms with van der Waals surface area (Å²) in [5, 5.41) is 2.16. The van der Waals surface area contributed by atoms with Gasteiger partial charge in [-0.1, -0.05) is 41.9 Å². The van der Waals surface area contributed by atoms with Crippen molar-refractivity contribution in [3.8, 4) is 0 Å². The van der Waals surface area contributed by atoms with Crippen molar-refractivity contribution in [1.29, 1.82) is 0 Å². The van der Waals surface area contributed by atoms with E-state index >= 15 is 0 Å². The Kier molecular flexibility index (Phi) is 4.53. The third kappa shape index (κ3) is 2.80. The fourth-order valence-corrected chi connectivity index (χ4v) is 4.35. The molecule has 0 N–H and O–H groups in total. The van der Waals surface area contributed by atoms with E-state index in [9.17, 15) is 9.59 Å². The number of carbonyl (C=O) groups excluding carboxylic acids is 2. The van der Waals surface area contributed by atoms with Crippen molar-refractivity contribution in [3.05, 3.63) is 89.2 Å². The second kappa shape index (κ2) is 7.23. The zero-order valence-corrected chi connectivity index (χ0v) is 16.9. The average Bonchev–Trinajstić information content (AvgIpc) is 3.28. The van der Waals surface area contributed by atoms with E-state index in [0.717, 1.165) is 11.3 Å². The molecule has 0 saturated carbocycles. The second-order valence-electron chi connectivity index (χ2n) is 7.34. The van der Waals surface area contributed by atoms with Crippen LogP contribution in [0.25, 0.3) is 0 Å².